The first kappa shape index (κ1) is 16.5. The second-order valence-corrected chi connectivity index (χ2v) is 5.20. The number of hydrogen-bond acceptors (Lipinski definition) is 3. The van der Waals surface area contributed by atoms with Crippen LogP contribution in [0.15, 0.2) is 24.3 Å². The van der Waals surface area contributed by atoms with E-state index in [-0.39, 0.29) is 24.5 Å². The van der Waals surface area contributed by atoms with E-state index in [4.69, 9.17) is 4.74 Å². The third kappa shape index (κ3) is 5.61. The Labute approximate surface area is 121 Å². The Balaban J connectivity index is 2.29. The van der Waals surface area contributed by atoms with E-state index < -0.39 is 0 Å². The van der Waals surface area contributed by atoms with Crippen LogP contribution in [-0.2, 0) is 11.2 Å². The SMILES string of the molecule is CCc1ccccc1OCC(=O)NCCC(O)C(C)C. The molecule has 0 saturated carbocycles. The highest BCUT2D eigenvalue weighted by molar-refractivity contribution is 5.77. The summed E-state index contributed by atoms with van der Waals surface area (Å²) < 4.78 is 5.52. The van der Waals surface area contributed by atoms with Crippen molar-refractivity contribution in [1.29, 1.82) is 0 Å². The molecule has 4 nitrogen and oxygen atoms in total. The van der Waals surface area contributed by atoms with Crippen molar-refractivity contribution in [1.82, 2.24) is 5.32 Å². The number of rotatable bonds is 8. The lowest BCUT2D eigenvalue weighted by Crippen LogP contribution is -2.32. The van der Waals surface area contributed by atoms with Gasteiger partial charge in [-0.3, -0.25) is 4.79 Å². The van der Waals surface area contributed by atoms with E-state index in [1.807, 2.05) is 38.1 Å². The van der Waals surface area contributed by atoms with E-state index in [0.29, 0.717) is 13.0 Å². The smallest absolute Gasteiger partial charge is 0.257 e. The molecule has 4 heteroatoms. The van der Waals surface area contributed by atoms with Gasteiger partial charge in [0, 0.05) is 6.54 Å². The Hall–Kier alpha value is -1.55. The number of para-hydroxylation sites is 1. The molecule has 1 atom stereocenters. The van der Waals surface area contributed by atoms with E-state index in [0.717, 1.165) is 17.7 Å². The molecule has 0 aliphatic rings. The van der Waals surface area contributed by atoms with Crippen molar-refractivity contribution < 1.29 is 14.6 Å². The maximum Gasteiger partial charge on any atom is 0.257 e. The lowest BCUT2D eigenvalue weighted by molar-refractivity contribution is -0.123. The summed E-state index contributed by atoms with van der Waals surface area (Å²) in [6.07, 6.45) is 1.06. The topological polar surface area (TPSA) is 58.6 Å². The van der Waals surface area contributed by atoms with E-state index in [1.165, 1.54) is 0 Å². The van der Waals surface area contributed by atoms with Crippen LogP contribution in [0.25, 0.3) is 0 Å². The van der Waals surface area contributed by atoms with Crippen LogP contribution in [0.5, 0.6) is 5.75 Å². The van der Waals surface area contributed by atoms with Gasteiger partial charge in [-0.05, 0) is 30.4 Å². The van der Waals surface area contributed by atoms with Gasteiger partial charge in [-0.25, -0.2) is 0 Å². The largest absolute Gasteiger partial charge is 0.483 e. The van der Waals surface area contributed by atoms with Gasteiger partial charge in [-0.2, -0.15) is 0 Å². The molecule has 112 valence electrons. The van der Waals surface area contributed by atoms with Crippen molar-refractivity contribution in [2.75, 3.05) is 13.2 Å². The lowest BCUT2D eigenvalue weighted by Gasteiger charge is -2.15. The lowest BCUT2D eigenvalue weighted by atomic mass is 10.0. The van der Waals surface area contributed by atoms with Crippen molar-refractivity contribution in [2.45, 2.75) is 39.7 Å². The molecule has 0 aliphatic carbocycles. The molecule has 0 spiro atoms. The fourth-order valence-electron chi connectivity index (χ4n) is 1.82. The Kier molecular flexibility index (Phi) is 7.09. The monoisotopic (exact) mass is 279 g/mol. The fourth-order valence-corrected chi connectivity index (χ4v) is 1.82. The Morgan fingerprint density at radius 1 is 1.35 bits per heavy atom. The second-order valence-electron chi connectivity index (χ2n) is 5.20. The predicted octanol–water partition coefficient (Wildman–Crippen LogP) is 2.15. The third-order valence-electron chi connectivity index (χ3n) is 3.24. The number of aliphatic hydroxyl groups is 1. The minimum Gasteiger partial charge on any atom is -0.483 e. The van der Waals surface area contributed by atoms with Gasteiger partial charge in [0.15, 0.2) is 6.61 Å². The van der Waals surface area contributed by atoms with Crippen LogP contribution in [0.3, 0.4) is 0 Å². The fraction of sp³-hybridized carbons (Fsp3) is 0.562. The number of hydrogen-bond donors (Lipinski definition) is 2. The zero-order valence-electron chi connectivity index (χ0n) is 12.6. The standard InChI is InChI=1S/C16H25NO3/c1-4-13-7-5-6-8-15(13)20-11-16(19)17-10-9-14(18)12(2)3/h5-8,12,14,18H,4,9-11H2,1-3H3,(H,17,19). The average Bonchev–Trinajstić information content (AvgIpc) is 2.45. The van der Waals surface area contributed by atoms with E-state index >= 15 is 0 Å². The zero-order valence-corrected chi connectivity index (χ0v) is 12.6. The number of nitrogens with one attached hydrogen (secondary N) is 1. The number of benzene rings is 1. The summed E-state index contributed by atoms with van der Waals surface area (Å²) in [5, 5.41) is 12.4. The highest BCUT2D eigenvalue weighted by Crippen LogP contribution is 2.17. The number of amides is 1. The zero-order chi connectivity index (χ0) is 15.0. The Morgan fingerprint density at radius 2 is 2.05 bits per heavy atom. The van der Waals surface area contributed by atoms with Gasteiger partial charge in [-0.1, -0.05) is 39.0 Å². The van der Waals surface area contributed by atoms with Gasteiger partial charge in [0.1, 0.15) is 5.75 Å². The maximum absolute atomic E-state index is 11.6. The Morgan fingerprint density at radius 3 is 2.70 bits per heavy atom. The second kappa shape index (κ2) is 8.59. The van der Waals surface area contributed by atoms with E-state index in [9.17, 15) is 9.90 Å². The van der Waals surface area contributed by atoms with Gasteiger partial charge in [-0.15, -0.1) is 0 Å². The van der Waals surface area contributed by atoms with Crippen LogP contribution >= 0.6 is 0 Å². The molecule has 1 unspecified atom stereocenters. The third-order valence-corrected chi connectivity index (χ3v) is 3.24. The summed E-state index contributed by atoms with van der Waals surface area (Å²) >= 11 is 0. The molecule has 0 bridgehead atoms. The van der Waals surface area contributed by atoms with Crippen molar-refractivity contribution in [2.24, 2.45) is 5.92 Å². The minimum atomic E-state index is -0.378. The molecule has 20 heavy (non-hydrogen) atoms. The molecule has 0 heterocycles. The molecule has 0 radical (unpaired) electrons. The van der Waals surface area contributed by atoms with Crippen LogP contribution in [0, 0.1) is 5.92 Å². The summed E-state index contributed by atoms with van der Waals surface area (Å²) in [7, 11) is 0. The molecule has 1 aromatic carbocycles. The normalized spacial score (nSPS) is 12.2. The molecule has 1 amide bonds. The van der Waals surface area contributed by atoms with Gasteiger partial charge in [0.2, 0.25) is 0 Å². The van der Waals surface area contributed by atoms with Gasteiger partial charge in [0.25, 0.3) is 5.91 Å². The van der Waals surface area contributed by atoms with Crippen molar-refractivity contribution in [3.05, 3.63) is 29.8 Å². The first-order valence-corrected chi connectivity index (χ1v) is 7.20. The van der Waals surface area contributed by atoms with E-state index in [2.05, 4.69) is 12.2 Å². The van der Waals surface area contributed by atoms with Crippen LogP contribution < -0.4 is 10.1 Å². The molecule has 0 aromatic heterocycles. The van der Waals surface area contributed by atoms with Gasteiger partial charge < -0.3 is 15.2 Å². The van der Waals surface area contributed by atoms with E-state index in [1.54, 1.807) is 0 Å². The maximum atomic E-state index is 11.6. The number of carbonyl (C=O) groups excluding carboxylic acids is 1. The van der Waals surface area contributed by atoms with Gasteiger partial charge >= 0.3 is 0 Å². The molecule has 1 rings (SSSR count). The molecular weight excluding hydrogens is 254 g/mol. The predicted molar refractivity (Wildman–Crippen MR) is 79.8 cm³/mol. The van der Waals surface area contributed by atoms with Crippen LogP contribution in [0.2, 0.25) is 0 Å². The first-order valence-electron chi connectivity index (χ1n) is 7.20. The van der Waals surface area contributed by atoms with Crippen LogP contribution in [0.1, 0.15) is 32.8 Å². The summed E-state index contributed by atoms with van der Waals surface area (Å²) in [6, 6.07) is 7.71. The van der Waals surface area contributed by atoms with Crippen molar-refractivity contribution in [3.63, 3.8) is 0 Å². The molecule has 1 aromatic rings. The van der Waals surface area contributed by atoms with Crippen LogP contribution in [0.4, 0.5) is 0 Å². The molecule has 0 saturated heterocycles. The summed E-state index contributed by atoms with van der Waals surface area (Å²) in [4.78, 5) is 11.6. The van der Waals surface area contributed by atoms with Gasteiger partial charge in [0.05, 0.1) is 6.10 Å². The number of carbonyl (C=O) groups is 1. The number of aliphatic hydroxyl groups excluding tert-OH is 1. The summed E-state index contributed by atoms with van der Waals surface area (Å²) in [6.45, 7) is 6.44. The van der Waals surface area contributed by atoms with Crippen LogP contribution in [-0.4, -0.2) is 30.3 Å². The number of ether oxygens (including phenoxy) is 1. The average molecular weight is 279 g/mol. The highest BCUT2D eigenvalue weighted by atomic mass is 16.5. The summed E-state index contributed by atoms with van der Waals surface area (Å²) in [5.74, 6) is 0.804. The quantitative estimate of drug-likeness (QED) is 0.766. The molecule has 0 fully saturated rings. The van der Waals surface area contributed by atoms with Crippen molar-refractivity contribution >= 4 is 5.91 Å². The Bertz CT molecular complexity index is 418. The first-order chi connectivity index (χ1) is 9.54. The minimum absolute atomic E-state index is 0.00872. The number of aryl methyl sites for hydroxylation is 1. The molecule has 2 N–H and O–H groups in total. The highest BCUT2D eigenvalue weighted by Gasteiger charge is 2.10. The molecule has 0 aliphatic heterocycles. The molecular formula is C16H25NO3. The van der Waals surface area contributed by atoms with Crippen molar-refractivity contribution in [3.8, 4) is 5.75 Å². The summed E-state index contributed by atoms with van der Waals surface area (Å²) in [5.41, 5.74) is 1.09.